The quantitative estimate of drug-likeness (QED) is 0.790. The van der Waals surface area contributed by atoms with Crippen LogP contribution in [0.1, 0.15) is 5.56 Å². The first kappa shape index (κ1) is 13.5. The highest BCUT2D eigenvalue weighted by atomic mass is 32.2. The van der Waals surface area contributed by atoms with Gasteiger partial charge in [0.2, 0.25) is 0 Å². The van der Waals surface area contributed by atoms with E-state index in [1.54, 1.807) is 25.2 Å². The van der Waals surface area contributed by atoms with Crippen LogP contribution in [0.3, 0.4) is 0 Å². The van der Waals surface area contributed by atoms with Crippen LogP contribution >= 0.6 is 23.3 Å². The Morgan fingerprint density at radius 2 is 2.28 bits per heavy atom. The van der Waals surface area contributed by atoms with Gasteiger partial charge in [-0.15, -0.1) is 0 Å². The summed E-state index contributed by atoms with van der Waals surface area (Å²) in [6, 6.07) is 8.34. The molecule has 1 aromatic heterocycles. The van der Waals surface area contributed by atoms with Crippen molar-refractivity contribution in [3.8, 4) is 0 Å². The van der Waals surface area contributed by atoms with Crippen molar-refractivity contribution in [3.63, 3.8) is 0 Å². The van der Waals surface area contributed by atoms with E-state index in [-0.39, 0.29) is 0 Å². The first-order valence-electron chi connectivity index (χ1n) is 5.62. The summed E-state index contributed by atoms with van der Waals surface area (Å²) in [6.07, 6.45) is 1.59. The van der Waals surface area contributed by atoms with Gasteiger partial charge in [-0.2, -0.15) is 4.37 Å². The largest absolute Gasteiger partial charge is 0.383 e. The highest BCUT2D eigenvalue weighted by Crippen LogP contribution is 2.30. The summed E-state index contributed by atoms with van der Waals surface area (Å²) < 4.78 is 9.99. The summed E-state index contributed by atoms with van der Waals surface area (Å²) in [5.74, 6) is 0. The van der Waals surface area contributed by atoms with E-state index in [1.165, 1.54) is 22.0 Å². The van der Waals surface area contributed by atoms with E-state index in [2.05, 4.69) is 32.9 Å². The van der Waals surface area contributed by atoms with Crippen molar-refractivity contribution in [2.75, 3.05) is 20.3 Å². The number of methoxy groups -OCH3 is 1. The Kier molecular flexibility index (Phi) is 5.60. The Morgan fingerprint density at radius 3 is 3.06 bits per heavy atom. The lowest BCUT2D eigenvalue weighted by atomic mass is 10.2. The second-order valence-electron chi connectivity index (χ2n) is 3.59. The molecule has 0 amide bonds. The van der Waals surface area contributed by atoms with E-state index < -0.39 is 0 Å². The van der Waals surface area contributed by atoms with Crippen molar-refractivity contribution >= 4 is 23.3 Å². The van der Waals surface area contributed by atoms with Gasteiger partial charge in [-0.25, -0.2) is 4.98 Å². The van der Waals surface area contributed by atoms with Crippen molar-refractivity contribution in [3.05, 3.63) is 36.2 Å². The molecule has 0 unspecified atom stereocenters. The molecule has 2 aromatic rings. The molecule has 0 spiro atoms. The lowest BCUT2D eigenvalue weighted by molar-refractivity contribution is 0.199. The van der Waals surface area contributed by atoms with Gasteiger partial charge in [-0.1, -0.05) is 30.0 Å². The number of hydrogen-bond acceptors (Lipinski definition) is 6. The highest BCUT2D eigenvalue weighted by molar-refractivity contribution is 8.01. The van der Waals surface area contributed by atoms with Gasteiger partial charge in [-0.3, -0.25) is 0 Å². The summed E-state index contributed by atoms with van der Waals surface area (Å²) in [5.41, 5.74) is 1.27. The van der Waals surface area contributed by atoms with E-state index >= 15 is 0 Å². The fraction of sp³-hybridized carbons (Fsp3) is 0.333. The van der Waals surface area contributed by atoms with Crippen LogP contribution in [0, 0.1) is 0 Å². The van der Waals surface area contributed by atoms with Crippen LogP contribution in [0.25, 0.3) is 0 Å². The van der Waals surface area contributed by atoms with E-state index in [0.717, 1.165) is 24.0 Å². The number of ether oxygens (including phenoxy) is 1. The second-order valence-corrected chi connectivity index (χ2v) is 5.66. The van der Waals surface area contributed by atoms with E-state index in [0.29, 0.717) is 0 Å². The maximum absolute atomic E-state index is 5.01. The van der Waals surface area contributed by atoms with Gasteiger partial charge in [-0.05, 0) is 23.2 Å². The molecule has 0 saturated carbocycles. The molecule has 0 fully saturated rings. The van der Waals surface area contributed by atoms with Crippen molar-refractivity contribution < 1.29 is 4.74 Å². The summed E-state index contributed by atoms with van der Waals surface area (Å²) >= 11 is 3.08. The molecule has 1 N–H and O–H groups in total. The SMILES string of the molecule is COCCNCc1ccccc1Sc1ncns1. The number of hydrogen-bond donors (Lipinski definition) is 1. The molecule has 0 aliphatic carbocycles. The zero-order valence-corrected chi connectivity index (χ0v) is 11.8. The fourth-order valence-electron chi connectivity index (χ4n) is 1.45. The molecule has 1 aromatic carbocycles. The molecule has 0 aliphatic rings. The highest BCUT2D eigenvalue weighted by Gasteiger charge is 2.05. The number of nitrogens with zero attached hydrogens (tertiary/aromatic N) is 2. The predicted molar refractivity (Wildman–Crippen MR) is 74.1 cm³/mol. The molecule has 0 radical (unpaired) electrons. The molecule has 0 aliphatic heterocycles. The number of benzene rings is 1. The van der Waals surface area contributed by atoms with Gasteiger partial charge in [0.15, 0.2) is 4.34 Å². The van der Waals surface area contributed by atoms with E-state index in [9.17, 15) is 0 Å². The summed E-state index contributed by atoms with van der Waals surface area (Å²) in [7, 11) is 1.71. The standard InChI is InChI=1S/C12H15N3OS2/c1-16-7-6-13-8-10-4-2-3-5-11(10)17-12-14-9-15-18-12/h2-5,9,13H,6-8H2,1H3. The summed E-state index contributed by atoms with van der Waals surface area (Å²) in [4.78, 5) is 5.41. The minimum Gasteiger partial charge on any atom is -0.383 e. The zero-order chi connectivity index (χ0) is 12.6. The molecule has 0 atom stereocenters. The van der Waals surface area contributed by atoms with E-state index in [1.807, 2.05) is 6.07 Å². The maximum atomic E-state index is 5.01. The Balaban J connectivity index is 1.97. The van der Waals surface area contributed by atoms with Crippen LogP contribution in [-0.2, 0) is 11.3 Å². The lowest BCUT2D eigenvalue weighted by Gasteiger charge is -2.08. The number of rotatable bonds is 7. The molecular weight excluding hydrogens is 266 g/mol. The van der Waals surface area contributed by atoms with Gasteiger partial charge >= 0.3 is 0 Å². The van der Waals surface area contributed by atoms with Crippen LogP contribution in [0.5, 0.6) is 0 Å². The minimum atomic E-state index is 0.728. The molecule has 6 heteroatoms. The molecule has 4 nitrogen and oxygen atoms in total. The van der Waals surface area contributed by atoms with Crippen LogP contribution in [0.4, 0.5) is 0 Å². The Bertz CT molecular complexity index is 462. The Labute approximate surface area is 115 Å². The van der Waals surface area contributed by atoms with Gasteiger partial charge in [0, 0.05) is 25.1 Å². The summed E-state index contributed by atoms with van der Waals surface area (Å²) in [6.45, 7) is 2.42. The predicted octanol–water partition coefficient (Wildman–Crippen LogP) is 2.43. The third-order valence-corrected chi connectivity index (χ3v) is 4.14. The van der Waals surface area contributed by atoms with Gasteiger partial charge in [0.05, 0.1) is 6.61 Å². The van der Waals surface area contributed by atoms with Crippen molar-refractivity contribution in [1.82, 2.24) is 14.7 Å². The van der Waals surface area contributed by atoms with Gasteiger partial charge in [0.1, 0.15) is 6.33 Å². The minimum absolute atomic E-state index is 0.728. The van der Waals surface area contributed by atoms with Crippen molar-refractivity contribution in [1.29, 1.82) is 0 Å². The molecule has 0 saturated heterocycles. The van der Waals surface area contributed by atoms with Crippen molar-refractivity contribution in [2.24, 2.45) is 0 Å². The van der Waals surface area contributed by atoms with Gasteiger partial charge in [0.25, 0.3) is 0 Å². The maximum Gasteiger partial charge on any atom is 0.174 e. The molecule has 2 rings (SSSR count). The Morgan fingerprint density at radius 1 is 1.39 bits per heavy atom. The first-order valence-corrected chi connectivity index (χ1v) is 7.21. The molecule has 18 heavy (non-hydrogen) atoms. The summed E-state index contributed by atoms with van der Waals surface area (Å²) in [5, 5.41) is 3.35. The third-order valence-electron chi connectivity index (χ3n) is 2.31. The van der Waals surface area contributed by atoms with Crippen LogP contribution in [-0.4, -0.2) is 29.6 Å². The monoisotopic (exact) mass is 281 g/mol. The fourth-order valence-corrected chi connectivity index (χ4v) is 2.98. The molecule has 1 heterocycles. The molecule has 0 bridgehead atoms. The average Bonchev–Trinajstić information content (AvgIpc) is 2.89. The molecular formula is C12H15N3OS2. The number of aromatic nitrogens is 2. The zero-order valence-electron chi connectivity index (χ0n) is 10.1. The lowest BCUT2D eigenvalue weighted by Crippen LogP contribution is -2.18. The van der Waals surface area contributed by atoms with Crippen LogP contribution < -0.4 is 5.32 Å². The second kappa shape index (κ2) is 7.48. The topological polar surface area (TPSA) is 47.0 Å². The Hall–Kier alpha value is -0.950. The molecule has 96 valence electrons. The van der Waals surface area contributed by atoms with E-state index in [4.69, 9.17) is 4.74 Å². The third kappa shape index (κ3) is 4.06. The first-order chi connectivity index (χ1) is 8.90. The smallest absolute Gasteiger partial charge is 0.174 e. The van der Waals surface area contributed by atoms with Crippen LogP contribution in [0.15, 0.2) is 39.8 Å². The normalized spacial score (nSPS) is 10.7. The number of nitrogens with one attached hydrogen (secondary N) is 1. The van der Waals surface area contributed by atoms with Crippen molar-refractivity contribution in [2.45, 2.75) is 15.8 Å². The van der Waals surface area contributed by atoms with Crippen LogP contribution in [0.2, 0.25) is 0 Å². The van der Waals surface area contributed by atoms with Gasteiger partial charge < -0.3 is 10.1 Å². The average molecular weight is 281 g/mol.